The molecule has 3 heteroatoms. The van der Waals surface area contributed by atoms with Gasteiger partial charge >= 0.3 is 0 Å². The van der Waals surface area contributed by atoms with Crippen molar-refractivity contribution in [2.45, 2.75) is 33.2 Å². The molecule has 0 heterocycles. The number of phenolic OH excluding ortho intramolecular Hbond substituents is 1. The number of benzene rings is 1. The fourth-order valence-corrected chi connectivity index (χ4v) is 2.06. The lowest BCUT2D eigenvalue weighted by molar-refractivity contribution is 0.126. The van der Waals surface area contributed by atoms with Crippen LogP contribution in [0.3, 0.4) is 0 Å². The smallest absolute Gasteiger partial charge is 0.121 e. The van der Waals surface area contributed by atoms with Crippen LogP contribution in [0.15, 0.2) is 12.1 Å². The van der Waals surface area contributed by atoms with E-state index in [-0.39, 0.29) is 0 Å². The Morgan fingerprint density at radius 3 is 2.56 bits per heavy atom. The Bertz CT molecular complexity index is 376. The standard InChI is InChI=1S/C15H23NO2/c1-11-7-14(8-12(2)15(11)17)9-16-5-6-18-10-13-3-4-13/h7-8,13,16-17H,3-6,9-10H2,1-2H3. The lowest BCUT2D eigenvalue weighted by Gasteiger charge is -2.09. The molecule has 100 valence electrons. The molecule has 3 nitrogen and oxygen atoms in total. The van der Waals surface area contributed by atoms with Crippen LogP contribution >= 0.6 is 0 Å². The lowest BCUT2D eigenvalue weighted by atomic mass is 10.1. The fraction of sp³-hybridized carbons (Fsp3) is 0.600. The van der Waals surface area contributed by atoms with Gasteiger partial charge in [-0.3, -0.25) is 0 Å². The highest BCUT2D eigenvalue weighted by Gasteiger charge is 2.20. The third-order valence-corrected chi connectivity index (χ3v) is 3.35. The van der Waals surface area contributed by atoms with Gasteiger partial charge in [-0.25, -0.2) is 0 Å². The quantitative estimate of drug-likeness (QED) is 0.730. The van der Waals surface area contributed by atoms with Crippen molar-refractivity contribution in [3.8, 4) is 5.75 Å². The molecule has 0 amide bonds. The molecule has 1 fully saturated rings. The number of phenols is 1. The van der Waals surface area contributed by atoms with Crippen LogP contribution in [0.5, 0.6) is 5.75 Å². The first-order valence-corrected chi connectivity index (χ1v) is 6.74. The van der Waals surface area contributed by atoms with Crippen molar-refractivity contribution in [3.05, 3.63) is 28.8 Å². The van der Waals surface area contributed by atoms with E-state index < -0.39 is 0 Å². The summed E-state index contributed by atoms with van der Waals surface area (Å²) in [4.78, 5) is 0. The van der Waals surface area contributed by atoms with E-state index >= 15 is 0 Å². The monoisotopic (exact) mass is 249 g/mol. The number of rotatable bonds is 7. The second-order valence-electron chi connectivity index (χ2n) is 5.27. The van der Waals surface area contributed by atoms with E-state index in [1.165, 1.54) is 18.4 Å². The minimum Gasteiger partial charge on any atom is -0.507 e. The summed E-state index contributed by atoms with van der Waals surface area (Å²) in [5.74, 6) is 1.25. The minimum absolute atomic E-state index is 0.409. The van der Waals surface area contributed by atoms with Gasteiger partial charge in [0.15, 0.2) is 0 Å². The average molecular weight is 249 g/mol. The van der Waals surface area contributed by atoms with Gasteiger partial charge in [0, 0.05) is 19.7 Å². The van der Waals surface area contributed by atoms with E-state index in [1.54, 1.807) is 0 Å². The zero-order valence-electron chi connectivity index (χ0n) is 11.3. The zero-order chi connectivity index (χ0) is 13.0. The van der Waals surface area contributed by atoms with Gasteiger partial charge < -0.3 is 15.2 Å². The van der Waals surface area contributed by atoms with E-state index in [4.69, 9.17) is 4.74 Å². The Hall–Kier alpha value is -1.06. The maximum atomic E-state index is 9.69. The predicted molar refractivity (Wildman–Crippen MR) is 72.8 cm³/mol. The van der Waals surface area contributed by atoms with Crippen LogP contribution in [-0.4, -0.2) is 24.9 Å². The van der Waals surface area contributed by atoms with Gasteiger partial charge in [0.1, 0.15) is 5.75 Å². The molecule has 1 aromatic rings. The number of aryl methyl sites for hydroxylation is 2. The van der Waals surface area contributed by atoms with Gasteiger partial charge in [0.05, 0.1) is 6.61 Å². The van der Waals surface area contributed by atoms with Gasteiger partial charge in [0.25, 0.3) is 0 Å². The molecule has 1 aliphatic carbocycles. The molecule has 0 saturated heterocycles. The number of hydrogen-bond donors (Lipinski definition) is 2. The third kappa shape index (κ3) is 4.00. The first-order valence-electron chi connectivity index (χ1n) is 6.74. The Morgan fingerprint density at radius 1 is 1.28 bits per heavy atom. The zero-order valence-corrected chi connectivity index (χ0v) is 11.3. The summed E-state index contributed by atoms with van der Waals surface area (Å²) in [5, 5.41) is 13.1. The van der Waals surface area contributed by atoms with Gasteiger partial charge in [-0.05, 0) is 49.3 Å². The summed E-state index contributed by atoms with van der Waals surface area (Å²) in [6.45, 7) is 7.29. The van der Waals surface area contributed by atoms with E-state index in [0.29, 0.717) is 5.75 Å². The van der Waals surface area contributed by atoms with Crippen LogP contribution in [-0.2, 0) is 11.3 Å². The van der Waals surface area contributed by atoms with E-state index in [2.05, 4.69) is 5.32 Å². The van der Waals surface area contributed by atoms with Gasteiger partial charge in [0.2, 0.25) is 0 Å². The summed E-state index contributed by atoms with van der Waals surface area (Å²) < 4.78 is 5.56. The second kappa shape index (κ2) is 6.21. The van der Waals surface area contributed by atoms with Crippen LogP contribution in [0.25, 0.3) is 0 Å². The van der Waals surface area contributed by atoms with E-state index in [9.17, 15) is 5.11 Å². The van der Waals surface area contributed by atoms with Crippen LogP contribution < -0.4 is 5.32 Å². The highest BCUT2D eigenvalue weighted by Crippen LogP contribution is 2.28. The molecule has 2 N–H and O–H groups in total. The highest BCUT2D eigenvalue weighted by molar-refractivity contribution is 5.42. The van der Waals surface area contributed by atoms with Crippen molar-refractivity contribution >= 4 is 0 Å². The molecule has 1 aliphatic rings. The Labute approximate surface area is 109 Å². The first-order chi connectivity index (χ1) is 8.66. The normalized spacial score (nSPS) is 15.0. The van der Waals surface area contributed by atoms with Crippen molar-refractivity contribution in [2.75, 3.05) is 19.8 Å². The summed E-state index contributed by atoms with van der Waals surface area (Å²) >= 11 is 0. The minimum atomic E-state index is 0.409. The molecule has 2 rings (SSSR count). The summed E-state index contributed by atoms with van der Waals surface area (Å²) in [5.41, 5.74) is 3.10. The predicted octanol–water partition coefficient (Wildman–Crippen LogP) is 2.53. The molecule has 0 bridgehead atoms. The van der Waals surface area contributed by atoms with Crippen LogP contribution in [0.2, 0.25) is 0 Å². The number of aromatic hydroxyl groups is 1. The maximum Gasteiger partial charge on any atom is 0.121 e. The highest BCUT2D eigenvalue weighted by atomic mass is 16.5. The number of nitrogens with one attached hydrogen (secondary N) is 1. The van der Waals surface area contributed by atoms with Gasteiger partial charge in [-0.15, -0.1) is 0 Å². The molecule has 0 spiro atoms. The van der Waals surface area contributed by atoms with E-state index in [0.717, 1.165) is 43.3 Å². The molecular weight excluding hydrogens is 226 g/mol. The number of ether oxygens (including phenoxy) is 1. The molecular formula is C15H23NO2. The second-order valence-corrected chi connectivity index (χ2v) is 5.27. The van der Waals surface area contributed by atoms with Crippen LogP contribution in [0, 0.1) is 19.8 Å². The molecule has 0 radical (unpaired) electrons. The van der Waals surface area contributed by atoms with Crippen molar-refractivity contribution in [1.29, 1.82) is 0 Å². The largest absolute Gasteiger partial charge is 0.507 e. The Balaban J connectivity index is 1.66. The van der Waals surface area contributed by atoms with Crippen LogP contribution in [0.4, 0.5) is 0 Å². The topological polar surface area (TPSA) is 41.5 Å². The Morgan fingerprint density at radius 2 is 1.94 bits per heavy atom. The average Bonchev–Trinajstić information content (AvgIpc) is 3.14. The molecule has 1 aromatic carbocycles. The summed E-state index contributed by atoms with van der Waals surface area (Å²) in [6, 6.07) is 4.06. The number of hydrogen-bond acceptors (Lipinski definition) is 3. The van der Waals surface area contributed by atoms with Crippen molar-refractivity contribution in [1.82, 2.24) is 5.32 Å². The first kappa shape index (κ1) is 13.4. The fourth-order valence-electron chi connectivity index (χ4n) is 2.06. The molecule has 0 aliphatic heterocycles. The Kier molecular flexibility index (Phi) is 4.61. The summed E-state index contributed by atoms with van der Waals surface area (Å²) in [7, 11) is 0. The maximum absolute atomic E-state index is 9.69. The molecule has 0 unspecified atom stereocenters. The van der Waals surface area contributed by atoms with Crippen molar-refractivity contribution < 1.29 is 9.84 Å². The molecule has 0 atom stereocenters. The third-order valence-electron chi connectivity index (χ3n) is 3.35. The van der Waals surface area contributed by atoms with Crippen molar-refractivity contribution in [3.63, 3.8) is 0 Å². The lowest BCUT2D eigenvalue weighted by Crippen LogP contribution is -2.19. The SMILES string of the molecule is Cc1cc(CNCCOCC2CC2)cc(C)c1O. The van der Waals surface area contributed by atoms with Gasteiger partial charge in [-0.1, -0.05) is 12.1 Å². The van der Waals surface area contributed by atoms with Crippen LogP contribution in [0.1, 0.15) is 29.5 Å². The molecule has 0 aromatic heterocycles. The molecule has 18 heavy (non-hydrogen) atoms. The van der Waals surface area contributed by atoms with Gasteiger partial charge in [-0.2, -0.15) is 0 Å². The summed E-state index contributed by atoms with van der Waals surface area (Å²) in [6.07, 6.45) is 2.69. The van der Waals surface area contributed by atoms with Crippen molar-refractivity contribution in [2.24, 2.45) is 5.92 Å². The molecule has 1 saturated carbocycles. The van der Waals surface area contributed by atoms with E-state index in [1.807, 2.05) is 26.0 Å².